The lowest BCUT2D eigenvalue weighted by atomic mass is 9.81. The van der Waals surface area contributed by atoms with Gasteiger partial charge in [-0.05, 0) is 105 Å². The smallest absolute Gasteiger partial charge is 0.385 e. The van der Waals surface area contributed by atoms with Crippen molar-refractivity contribution in [3.05, 3.63) is 130 Å². The SMILES string of the molecule is CSc1ccc(NCC2CCCCC2NC(=O)CN(NC2(NC(=S)c3ccc(C)cc3)CC(N)CCC2NC(=O)CNC(=O)c2cccc(C(F)(F)F)c2)C(=O)c2cccc(C(F)(F)F)c2)cc1. The number of benzene rings is 4. The summed E-state index contributed by atoms with van der Waals surface area (Å²) in [7, 11) is 0. The van der Waals surface area contributed by atoms with Gasteiger partial charge in [0.2, 0.25) is 11.8 Å². The number of hydrazine groups is 1. The van der Waals surface area contributed by atoms with Gasteiger partial charge in [-0.25, -0.2) is 5.43 Å². The highest BCUT2D eigenvalue weighted by Crippen LogP contribution is 2.33. The van der Waals surface area contributed by atoms with Crippen molar-refractivity contribution < 1.29 is 45.5 Å². The number of nitrogens with one attached hydrogen (secondary N) is 6. The largest absolute Gasteiger partial charge is 0.416 e. The number of halogens is 6. The van der Waals surface area contributed by atoms with Gasteiger partial charge in [-0.2, -0.15) is 26.3 Å². The second-order valence-electron chi connectivity index (χ2n) is 17.1. The number of hydrogen-bond acceptors (Lipinski definition) is 9. The predicted molar refractivity (Wildman–Crippen MR) is 252 cm³/mol. The van der Waals surface area contributed by atoms with Gasteiger partial charge in [-0.15, -0.1) is 11.8 Å². The van der Waals surface area contributed by atoms with Crippen molar-refractivity contribution in [3.8, 4) is 0 Å². The third-order valence-corrected chi connectivity index (χ3v) is 13.2. The Bertz CT molecular complexity index is 2420. The highest BCUT2D eigenvalue weighted by molar-refractivity contribution is 7.98. The molecule has 0 radical (unpaired) electrons. The average Bonchev–Trinajstić information content (AvgIpc) is 3.30. The van der Waals surface area contributed by atoms with Crippen molar-refractivity contribution in [2.75, 3.05) is 31.2 Å². The number of hydrogen-bond donors (Lipinski definition) is 7. The second kappa shape index (κ2) is 22.6. The standard InChI is InChI=1S/C48H54F6N8O4S2/c1-29-13-15-30(16-14-29)44(67)60-46(25-36(55)17-22-40(46)59-41(63)27-57-43(65)31-8-5-10-34(23-31)47(49,50)51)61-62(45(66)32-9-6-11-35(24-32)48(52,53)54)28-42(64)58-39-12-4-3-7-33(39)26-56-37-18-20-38(68-2)21-19-37/h5-6,8-11,13-16,18-21,23-24,33,36,39-40,56,61H,3-4,7,12,17,22,25-28,55H2,1-2H3,(H,57,65)(H,58,64)(H,59,63)(H,60,67). The monoisotopic (exact) mass is 984 g/mol. The molecule has 0 aromatic heterocycles. The maximum absolute atomic E-state index is 14.6. The Kier molecular flexibility index (Phi) is 17.2. The molecule has 5 atom stereocenters. The molecule has 0 spiro atoms. The number of amides is 4. The van der Waals surface area contributed by atoms with Crippen LogP contribution in [0.5, 0.6) is 0 Å². The number of carbonyl (C=O) groups is 4. The molecule has 12 nitrogen and oxygen atoms in total. The Morgan fingerprint density at radius 3 is 2.06 bits per heavy atom. The average molecular weight is 985 g/mol. The lowest BCUT2D eigenvalue weighted by molar-refractivity contribution is -0.138. The van der Waals surface area contributed by atoms with E-state index in [0.717, 1.165) is 64.7 Å². The van der Waals surface area contributed by atoms with Crippen molar-refractivity contribution in [1.29, 1.82) is 0 Å². The van der Waals surface area contributed by atoms with Crippen LogP contribution in [0.4, 0.5) is 32.0 Å². The van der Waals surface area contributed by atoms with Crippen LogP contribution >= 0.6 is 24.0 Å². The molecule has 8 N–H and O–H groups in total. The van der Waals surface area contributed by atoms with Crippen molar-refractivity contribution >= 4 is 58.3 Å². The van der Waals surface area contributed by atoms with Gasteiger partial charge in [0.05, 0.1) is 23.7 Å². The molecule has 2 saturated carbocycles. The summed E-state index contributed by atoms with van der Waals surface area (Å²) in [6.07, 6.45) is -3.95. The van der Waals surface area contributed by atoms with Gasteiger partial charge < -0.3 is 32.3 Å². The molecule has 6 rings (SSSR count). The third kappa shape index (κ3) is 13.9. The zero-order valence-electron chi connectivity index (χ0n) is 37.4. The van der Waals surface area contributed by atoms with E-state index in [0.29, 0.717) is 37.1 Å². The van der Waals surface area contributed by atoms with Crippen LogP contribution in [0.25, 0.3) is 0 Å². The number of anilines is 1. The lowest BCUT2D eigenvalue weighted by Gasteiger charge is -2.50. The van der Waals surface area contributed by atoms with E-state index >= 15 is 0 Å². The summed E-state index contributed by atoms with van der Waals surface area (Å²) in [6, 6.07) is 20.5. The summed E-state index contributed by atoms with van der Waals surface area (Å²) in [5.41, 5.74) is 7.46. The molecule has 2 aliphatic rings. The van der Waals surface area contributed by atoms with Gasteiger partial charge in [0.15, 0.2) is 0 Å². The number of carbonyl (C=O) groups excluding carboxylic acids is 4. The zero-order valence-corrected chi connectivity index (χ0v) is 39.0. The first kappa shape index (κ1) is 51.7. The van der Waals surface area contributed by atoms with Crippen LogP contribution in [0.2, 0.25) is 0 Å². The van der Waals surface area contributed by atoms with Gasteiger partial charge >= 0.3 is 12.4 Å². The van der Waals surface area contributed by atoms with Crippen LogP contribution < -0.4 is 37.7 Å². The van der Waals surface area contributed by atoms with Crippen molar-refractivity contribution in [2.45, 2.75) is 92.9 Å². The molecule has 0 saturated heterocycles. The fourth-order valence-corrected chi connectivity index (χ4v) is 9.20. The third-order valence-electron chi connectivity index (χ3n) is 12.1. The number of nitrogens with zero attached hydrogens (tertiary/aromatic N) is 1. The molecule has 2 aliphatic carbocycles. The van der Waals surface area contributed by atoms with Crippen LogP contribution in [0.15, 0.2) is 102 Å². The summed E-state index contributed by atoms with van der Waals surface area (Å²) in [5.74, 6) is -3.37. The van der Waals surface area contributed by atoms with E-state index in [1.54, 1.807) is 23.9 Å². The van der Waals surface area contributed by atoms with E-state index in [9.17, 15) is 45.5 Å². The quantitative estimate of drug-likeness (QED) is 0.0196. The molecule has 364 valence electrons. The number of alkyl halides is 6. The topological polar surface area (TPSA) is 170 Å². The summed E-state index contributed by atoms with van der Waals surface area (Å²) < 4.78 is 82.3. The first-order valence-electron chi connectivity index (χ1n) is 22.1. The molecule has 0 heterocycles. The van der Waals surface area contributed by atoms with E-state index < -0.39 is 83.5 Å². The Labute approximate surface area is 400 Å². The first-order chi connectivity index (χ1) is 32.2. The van der Waals surface area contributed by atoms with E-state index in [2.05, 4.69) is 32.0 Å². The van der Waals surface area contributed by atoms with Crippen molar-refractivity contribution in [1.82, 2.24) is 31.7 Å². The van der Waals surface area contributed by atoms with Crippen molar-refractivity contribution in [3.63, 3.8) is 0 Å². The second-order valence-corrected chi connectivity index (χ2v) is 18.4. The minimum Gasteiger partial charge on any atom is -0.385 e. The number of thioether (sulfide) groups is 1. The summed E-state index contributed by atoms with van der Waals surface area (Å²) in [6.45, 7) is 1.02. The molecule has 4 aromatic carbocycles. The van der Waals surface area contributed by atoms with Crippen molar-refractivity contribution in [2.24, 2.45) is 11.7 Å². The van der Waals surface area contributed by atoms with Crippen LogP contribution in [-0.4, -0.2) is 83.3 Å². The molecule has 0 bridgehead atoms. The van der Waals surface area contributed by atoms with E-state index in [4.69, 9.17) is 18.0 Å². The number of rotatable bonds is 16. The van der Waals surface area contributed by atoms with Crippen LogP contribution in [-0.2, 0) is 21.9 Å². The molecule has 0 aliphatic heterocycles. The Hall–Kier alpha value is -5.70. The minimum absolute atomic E-state index is 0.00148. The van der Waals surface area contributed by atoms with Gasteiger partial charge in [0.1, 0.15) is 17.2 Å². The van der Waals surface area contributed by atoms with Crippen LogP contribution in [0, 0.1) is 12.8 Å². The molecule has 4 aromatic rings. The summed E-state index contributed by atoms with van der Waals surface area (Å²) >= 11 is 7.52. The highest BCUT2D eigenvalue weighted by Gasteiger charge is 2.47. The normalized spacial score (nSPS) is 20.7. The van der Waals surface area contributed by atoms with E-state index in [-0.39, 0.29) is 35.4 Å². The van der Waals surface area contributed by atoms with Crippen LogP contribution in [0.3, 0.4) is 0 Å². The summed E-state index contributed by atoms with van der Waals surface area (Å²) in [5, 5.41) is 15.9. The first-order valence-corrected chi connectivity index (χ1v) is 23.7. The van der Waals surface area contributed by atoms with E-state index in [1.165, 1.54) is 12.1 Å². The maximum Gasteiger partial charge on any atom is 0.416 e. The molecular weight excluding hydrogens is 931 g/mol. The molecular formula is C48H54F6N8O4S2. The lowest BCUT2D eigenvalue weighted by Crippen LogP contribution is -2.76. The van der Waals surface area contributed by atoms with Gasteiger partial charge in [0.25, 0.3) is 11.8 Å². The number of thiocarbonyl (C=S) groups is 1. The maximum atomic E-state index is 14.6. The van der Waals surface area contributed by atoms with Gasteiger partial charge in [0, 0.05) is 52.3 Å². The van der Waals surface area contributed by atoms with Gasteiger partial charge in [-0.1, -0.05) is 67.0 Å². The Balaban J connectivity index is 1.30. The van der Waals surface area contributed by atoms with Gasteiger partial charge in [-0.3, -0.25) is 24.2 Å². The zero-order chi connectivity index (χ0) is 49.2. The van der Waals surface area contributed by atoms with Crippen LogP contribution in [0.1, 0.15) is 87.9 Å². The number of aryl methyl sites for hydroxylation is 1. The molecule has 68 heavy (non-hydrogen) atoms. The number of nitrogens with two attached hydrogens (primary N) is 1. The minimum atomic E-state index is -4.81. The summed E-state index contributed by atoms with van der Waals surface area (Å²) in [4.78, 5) is 56.9. The highest BCUT2D eigenvalue weighted by atomic mass is 32.2. The fourth-order valence-electron chi connectivity index (χ4n) is 8.48. The molecule has 4 amide bonds. The molecule has 20 heteroatoms. The Morgan fingerprint density at radius 1 is 0.779 bits per heavy atom. The van der Waals surface area contributed by atoms with E-state index in [1.807, 2.05) is 49.6 Å². The fraction of sp³-hybridized carbons (Fsp3) is 0.396. The molecule has 5 unspecified atom stereocenters. The Morgan fingerprint density at radius 2 is 1.41 bits per heavy atom. The molecule has 2 fully saturated rings. The predicted octanol–water partition coefficient (Wildman–Crippen LogP) is 7.58.